The molecule has 0 bridgehead atoms. The number of hydrogen-bond acceptors (Lipinski definition) is 0. The van der Waals surface area contributed by atoms with Gasteiger partial charge in [0, 0.05) is 6.42 Å². The molecule has 0 N–H and O–H groups in total. The second-order valence-corrected chi connectivity index (χ2v) is 2.82. The summed E-state index contributed by atoms with van der Waals surface area (Å²) in [5.41, 5.74) is 0. The highest BCUT2D eigenvalue weighted by Gasteiger charge is 2.04. The van der Waals surface area contributed by atoms with E-state index in [9.17, 15) is 8.78 Å². The molecule has 0 rings (SSSR count). The van der Waals surface area contributed by atoms with Crippen molar-refractivity contribution in [3.8, 4) is 0 Å². The van der Waals surface area contributed by atoms with Gasteiger partial charge in [-0.25, -0.2) is 8.78 Å². The van der Waals surface area contributed by atoms with E-state index in [1.807, 2.05) is 0 Å². The first-order valence-corrected chi connectivity index (χ1v) is 3.38. The van der Waals surface area contributed by atoms with E-state index in [2.05, 4.69) is 0 Å². The number of hydrogen-bond donors (Lipinski definition) is 0. The third-order valence-corrected chi connectivity index (χ3v) is 1.05. The summed E-state index contributed by atoms with van der Waals surface area (Å²) >= 11 is 10.5. The molecule has 0 aromatic heterocycles. The minimum absolute atomic E-state index is 0.226. The molecule has 1 radical (unpaired) electrons. The van der Waals surface area contributed by atoms with Crippen LogP contribution >= 0.6 is 23.2 Å². The molecule has 0 atom stereocenters. The van der Waals surface area contributed by atoms with E-state index < -0.39 is 11.3 Å². The van der Waals surface area contributed by atoms with Gasteiger partial charge in [0.25, 0.3) is 0 Å². The van der Waals surface area contributed by atoms with Gasteiger partial charge in [-0.1, -0.05) is 0 Å². The molecule has 0 fully saturated rings. The molecule has 0 aliphatic heterocycles. The first-order valence-electron chi connectivity index (χ1n) is 2.51. The van der Waals surface area contributed by atoms with Gasteiger partial charge in [-0.15, -0.1) is 23.2 Å². The Kier molecular flexibility index (Phi) is 5.50. The van der Waals surface area contributed by atoms with Crippen molar-refractivity contribution < 1.29 is 8.78 Å². The lowest BCUT2D eigenvalue weighted by molar-refractivity contribution is 0.147. The molecule has 0 aliphatic carbocycles. The molecule has 9 heavy (non-hydrogen) atoms. The summed E-state index contributed by atoms with van der Waals surface area (Å²) in [5.74, 6) is 0. The molecule has 0 amide bonds. The van der Waals surface area contributed by atoms with Crippen molar-refractivity contribution in [1.29, 1.82) is 0 Å². The van der Waals surface area contributed by atoms with E-state index >= 15 is 0 Å². The Labute approximate surface area is 63.1 Å². The molecule has 0 aliphatic rings. The smallest absolute Gasteiger partial charge is 0.211 e. The summed E-state index contributed by atoms with van der Waals surface area (Å²) < 4.78 is 22.7. The number of halogens is 4. The van der Waals surface area contributed by atoms with Crippen LogP contribution < -0.4 is 0 Å². The molecule has 4 heteroatoms. The summed E-state index contributed by atoms with van der Waals surface area (Å²) in [6, 6.07) is 0. The molecule has 0 nitrogen and oxygen atoms in total. The average molecular weight is 176 g/mol. The van der Waals surface area contributed by atoms with Crippen molar-refractivity contribution >= 4 is 23.2 Å². The second-order valence-electron chi connectivity index (χ2n) is 1.54. The Morgan fingerprint density at radius 2 is 1.78 bits per heavy atom. The van der Waals surface area contributed by atoms with Crippen molar-refractivity contribution in [2.45, 2.75) is 24.1 Å². The third kappa shape index (κ3) is 8.44. The highest BCUT2D eigenvalue weighted by Crippen LogP contribution is 2.12. The fraction of sp³-hybridized carbons (Fsp3) is 0.800. The van der Waals surface area contributed by atoms with Gasteiger partial charge in [-0.2, -0.15) is 0 Å². The van der Waals surface area contributed by atoms with Gasteiger partial charge in [-0.05, 0) is 12.8 Å². The van der Waals surface area contributed by atoms with Gasteiger partial charge in [0.2, 0.25) is 6.43 Å². The van der Waals surface area contributed by atoms with E-state index in [4.69, 9.17) is 23.2 Å². The van der Waals surface area contributed by atoms with E-state index in [1.54, 1.807) is 0 Å². The van der Waals surface area contributed by atoms with Crippen molar-refractivity contribution in [2.75, 3.05) is 0 Å². The SMILES string of the molecule is FC(F)C[CH]CC(Cl)Cl. The molecule has 0 saturated heterocycles. The molecule has 0 spiro atoms. The fourth-order valence-corrected chi connectivity index (χ4v) is 0.600. The topological polar surface area (TPSA) is 0 Å². The van der Waals surface area contributed by atoms with Crippen LogP contribution in [0.25, 0.3) is 0 Å². The molecule has 0 heterocycles. The third-order valence-electron chi connectivity index (χ3n) is 0.690. The summed E-state index contributed by atoms with van der Waals surface area (Å²) in [5, 5.41) is 0. The van der Waals surface area contributed by atoms with Crippen molar-refractivity contribution in [3.63, 3.8) is 0 Å². The maximum absolute atomic E-state index is 11.4. The summed E-state index contributed by atoms with van der Waals surface area (Å²) in [6.07, 6.45) is -0.796. The second kappa shape index (κ2) is 5.24. The van der Waals surface area contributed by atoms with Gasteiger partial charge >= 0.3 is 0 Å². The lowest BCUT2D eigenvalue weighted by Gasteiger charge is -1.98. The van der Waals surface area contributed by atoms with E-state index in [0.29, 0.717) is 6.42 Å². The highest BCUT2D eigenvalue weighted by atomic mass is 35.5. The first-order chi connectivity index (χ1) is 4.13. The molecular formula is C5H7Cl2F2. The zero-order valence-electron chi connectivity index (χ0n) is 4.66. The number of rotatable bonds is 4. The minimum Gasteiger partial charge on any atom is -0.211 e. The summed E-state index contributed by atoms with van der Waals surface area (Å²) in [7, 11) is 0. The van der Waals surface area contributed by atoms with Crippen LogP contribution in [0.3, 0.4) is 0 Å². The van der Waals surface area contributed by atoms with Crippen LogP contribution in [0, 0.1) is 6.42 Å². The van der Waals surface area contributed by atoms with E-state index in [-0.39, 0.29) is 6.42 Å². The van der Waals surface area contributed by atoms with Gasteiger partial charge in [-0.3, -0.25) is 0 Å². The zero-order chi connectivity index (χ0) is 7.28. The van der Waals surface area contributed by atoms with Crippen LogP contribution in [0.4, 0.5) is 8.78 Å². The van der Waals surface area contributed by atoms with Crippen molar-refractivity contribution in [1.82, 2.24) is 0 Å². The molecular weight excluding hydrogens is 169 g/mol. The molecule has 0 unspecified atom stereocenters. The standard InChI is InChI=1S/C5H7Cl2F2/c6-4(7)2-1-3-5(8)9/h1,4-5H,2-3H2. The van der Waals surface area contributed by atoms with E-state index in [0.717, 1.165) is 0 Å². The quantitative estimate of drug-likeness (QED) is 0.577. The first kappa shape index (κ1) is 9.44. The molecule has 0 aromatic carbocycles. The average Bonchev–Trinajstić information content (AvgIpc) is 1.63. The lowest BCUT2D eigenvalue weighted by atomic mass is 10.3. The van der Waals surface area contributed by atoms with Crippen LogP contribution in [-0.2, 0) is 0 Å². The van der Waals surface area contributed by atoms with Gasteiger partial charge in [0.1, 0.15) is 4.84 Å². The Bertz CT molecular complexity index is 58.0. The van der Waals surface area contributed by atoms with Crippen LogP contribution in [0.1, 0.15) is 12.8 Å². The van der Waals surface area contributed by atoms with Gasteiger partial charge < -0.3 is 0 Å². The van der Waals surface area contributed by atoms with E-state index in [1.165, 1.54) is 6.42 Å². The Balaban J connectivity index is 2.91. The van der Waals surface area contributed by atoms with Crippen molar-refractivity contribution in [2.24, 2.45) is 0 Å². The monoisotopic (exact) mass is 175 g/mol. The Morgan fingerprint density at radius 3 is 2.11 bits per heavy atom. The normalized spacial score (nSPS) is 11.3. The van der Waals surface area contributed by atoms with Crippen LogP contribution in [0.15, 0.2) is 0 Å². The summed E-state index contributed by atoms with van der Waals surface area (Å²) in [4.78, 5) is -0.552. The van der Waals surface area contributed by atoms with Gasteiger partial charge in [0.05, 0.1) is 0 Å². The maximum atomic E-state index is 11.4. The predicted molar refractivity (Wildman–Crippen MR) is 35.0 cm³/mol. The van der Waals surface area contributed by atoms with Crippen LogP contribution in [0.5, 0.6) is 0 Å². The minimum atomic E-state index is -2.28. The summed E-state index contributed by atoms with van der Waals surface area (Å²) in [6.45, 7) is 0. The van der Waals surface area contributed by atoms with Gasteiger partial charge in [0.15, 0.2) is 0 Å². The fourth-order valence-electron chi connectivity index (χ4n) is 0.348. The maximum Gasteiger partial charge on any atom is 0.238 e. The Hall–Kier alpha value is 0.440. The predicted octanol–water partition coefficient (Wildman–Crippen LogP) is 3.04. The lowest BCUT2D eigenvalue weighted by Crippen LogP contribution is -1.93. The molecule has 55 valence electrons. The highest BCUT2D eigenvalue weighted by molar-refractivity contribution is 6.44. The number of alkyl halides is 4. The van der Waals surface area contributed by atoms with Crippen LogP contribution in [-0.4, -0.2) is 11.3 Å². The Morgan fingerprint density at radius 1 is 1.22 bits per heavy atom. The zero-order valence-corrected chi connectivity index (χ0v) is 6.17. The van der Waals surface area contributed by atoms with Crippen molar-refractivity contribution in [3.05, 3.63) is 6.42 Å². The van der Waals surface area contributed by atoms with Crippen LogP contribution in [0.2, 0.25) is 0 Å². The molecule has 0 saturated carbocycles. The largest absolute Gasteiger partial charge is 0.238 e. The molecule has 0 aromatic rings.